The molecule has 0 bridgehead atoms. The maximum Gasteiger partial charge on any atom is 0.257 e. The number of rotatable bonds is 4. The van der Waals surface area contributed by atoms with Gasteiger partial charge in [-0.3, -0.25) is 0 Å². The highest BCUT2D eigenvalue weighted by Gasteiger charge is 2.17. The molecule has 0 amide bonds. The fraction of sp³-hybridized carbons (Fsp3) is 0.273. The van der Waals surface area contributed by atoms with Gasteiger partial charge in [-0.15, -0.1) is 0 Å². The summed E-state index contributed by atoms with van der Waals surface area (Å²) in [5, 5.41) is 4.36. The molecular weight excluding hydrogens is 290 g/mol. The third kappa shape index (κ3) is 3.76. The Labute approximate surface area is 115 Å². The van der Waals surface area contributed by atoms with Crippen LogP contribution in [-0.4, -0.2) is 24.8 Å². The Morgan fingerprint density at radius 3 is 2.53 bits per heavy atom. The van der Waals surface area contributed by atoms with Gasteiger partial charge in [0.05, 0.1) is 12.3 Å². The van der Waals surface area contributed by atoms with Gasteiger partial charge in [0, 0.05) is 10.6 Å². The Hall–Kier alpha value is -1.44. The number of hydrogen-bond donors (Lipinski definition) is 1. The van der Waals surface area contributed by atoms with Gasteiger partial charge in [-0.1, -0.05) is 16.8 Å². The molecule has 0 aliphatic carbocycles. The van der Waals surface area contributed by atoms with Crippen molar-refractivity contribution < 1.29 is 12.9 Å². The monoisotopic (exact) mass is 301 g/mol. The fourth-order valence-corrected chi connectivity index (χ4v) is 2.37. The van der Waals surface area contributed by atoms with Crippen LogP contribution in [0.4, 0.5) is 0 Å². The highest BCUT2D eigenvalue weighted by Crippen LogP contribution is 2.21. The molecule has 2 rings (SSSR count). The first-order valence-corrected chi connectivity index (χ1v) is 7.69. The number of benzene rings is 1. The van der Waals surface area contributed by atoms with Crippen LogP contribution < -0.4 is 4.72 Å². The number of nitrogens with zero attached hydrogens (tertiary/aromatic N) is 2. The van der Waals surface area contributed by atoms with Gasteiger partial charge in [-0.05, 0) is 31.2 Å². The molecule has 1 aromatic carbocycles. The van der Waals surface area contributed by atoms with Crippen LogP contribution in [-0.2, 0) is 10.0 Å². The molecule has 0 saturated heterocycles. The first-order chi connectivity index (χ1) is 8.85. The van der Waals surface area contributed by atoms with Crippen LogP contribution in [0.3, 0.4) is 0 Å². The smallest absolute Gasteiger partial charge is 0.257 e. The minimum atomic E-state index is -3.32. The van der Waals surface area contributed by atoms with E-state index in [0.717, 1.165) is 11.8 Å². The van der Waals surface area contributed by atoms with Gasteiger partial charge < -0.3 is 4.52 Å². The zero-order chi connectivity index (χ0) is 14.0. The molecule has 6 nitrogen and oxygen atoms in total. The first kappa shape index (κ1) is 14.0. The van der Waals surface area contributed by atoms with Gasteiger partial charge in [0.2, 0.25) is 10.0 Å². The van der Waals surface area contributed by atoms with E-state index < -0.39 is 16.1 Å². The molecule has 0 unspecified atom stereocenters. The number of hydrogen-bond acceptors (Lipinski definition) is 5. The molecule has 102 valence electrons. The van der Waals surface area contributed by atoms with Gasteiger partial charge in [-0.25, -0.2) is 13.1 Å². The maximum atomic E-state index is 11.1. The SMILES string of the molecule is C[C@@H](NS(C)(=O)=O)c1noc(-c2ccc(Cl)cc2)n1. The second kappa shape index (κ2) is 5.28. The summed E-state index contributed by atoms with van der Waals surface area (Å²) < 4.78 is 29.7. The van der Waals surface area contributed by atoms with Gasteiger partial charge in [0.25, 0.3) is 5.89 Å². The van der Waals surface area contributed by atoms with E-state index in [1.54, 1.807) is 31.2 Å². The number of aromatic nitrogens is 2. The van der Waals surface area contributed by atoms with Crippen molar-refractivity contribution in [2.45, 2.75) is 13.0 Å². The molecule has 19 heavy (non-hydrogen) atoms. The minimum absolute atomic E-state index is 0.273. The van der Waals surface area contributed by atoms with E-state index in [1.165, 1.54) is 0 Å². The quantitative estimate of drug-likeness (QED) is 0.933. The molecule has 1 atom stereocenters. The van der Waals surface area contributed by atoms with Crippen LogP contribution in [0, 0.1) is 0 Å². The number of nitrogens with one attached hydrogen (secondary N) is 1. The van der Waals surface area contributed by atoms with E-state index in [1.807, 2.05) is 0 Å². The molecule has 1 aromatic heterocycles. The third-order valence-electron chi connectivity index (χ3n) is 2.31. The Balaban J connectivity index is 2.21. The van der Waals surface area contributed by atoms with Crippen LogP contribution in [0.5, 0.6) is 0 Å². The topological polar surface area (TPSA) is 85.1 Å². The molecule has 0 spiro atoms. The van der Waals surface area contributed by atoms with E-state index in [-0.39, 0.29) is 5.82 Å². The van der Waals surface area contributed by atoms with Crippen molar-refractivity contribution in [1.82, 2.24) is 14.9 Å². The molecule has 1 heterocycles. The van der Waals surface area contributed by atoms with Crippen molar-refractivity contribution in [1.29, 1.82) is 0 Å². The van der Waals surface area contributed by atoms with E-state index >= 15 is 0 Å². The average molecular weight is 302 g/mol. The largest absolute Gasteiger partial charge is 0.334 e. The lowest BCUT2D eigenvalue weighted by molar-refractivity contribution is 0.415. The Kier molecular flexibility index (Phi) is 3.88. The Bertz CT molecular complexity index is 667. The standard InChI is InChI=1S/C11H12ClN3O3S/c1-7(15-19(2,16)17)10-13-11(18-14-10)8-3-5-9(12)6-4-8/h3-7,15H,1-2H3/t7-/m1/s1. The number of halogens is 1. The van der Waals surface area contributed by atoms with Crippen molar-refractivity contribution in [2.75, 3.05) is 6.26 Å². The van der Waals surface area contributed by atoms with Gasteiger partial charge >= 0.3 is 0 Å². The van der Waals surface area contributed by atoms with E-state index in [4.69, 9.17) is 16.1 Å². The van der Waals surface area contributed by atoms with Crippen LogP contribution in [0.15, 0.2) is 28.8 Å². The lowest BCUT2D eigenvalue weighted by Crippen LogP contribution is -2.26. The van der Waals surface area contributed by atoms with Crippen molar-refractivity contribution in [3.8, 4) is 11.5 Å². The first-order valence-electron chi connectivity index (χ1n) is 5.42. The zero-order valence-electron chi connectivity index (χ0n) is 10.3. The summed E-state index contributed by atoms with van der Waals surface area (Å²) in [5.41, 5.74) is 0.717. The fourth-order valence-electron chi connectivity index (χ4n) is 1.49. The normalized spacial score (nSPS) is 13.4. The molecule has 0 aliphatic heterocycles. The summed E-state index contributed by atoms with van der Waals surface area (Å²) in [6.45, 7) is 1.64. The summed E-state index contributed by atoms with van der Waals surface area (Å²) in [6, 6.07) is 6.35. The van der Waals surface area contributed by atoms with Crippen LogP contribution >= 0.6 is 11.6 Å². The summed E-state index contributed by atoms with van der Waals surface area (Å²) in [4.78, 5) is 4.15. The van der Waals surface area contributed by atoms with Crippen LogP contribution in [0.25, 0.3) is 11.5 Å². The molecule has 1 N–H and O–H groups in total. The minimum Gasteiger partial charge on any atom is -0.334 e. The predicted molar refractivity (Wildman–Crippen MR) is 71.1 cm³/mol. The van der Waals surface area contributed by atoms with Crippen molar-refractivity contribution in [3.63, 3.8) is 0 Å². The Morgan fingerprint density at radius 1 is 1.32 bits per heavy atom. The van der Waals surface area contributed by atoms with E-state index in [0.29, 0.717) is 10.9 Å². The van der Waals surface area contributed by atoms with Crippen LogP contribution in [0.2, 0.25) is 5.02 Å². The van der Waals surface area contributed by atoms with Crippen molar-refractivity contribution in [3.05, 3.63) is 35.1 Å². The van der Waals surface area contributed by atoms with E-state index in [2.05, 4.69) is 14.9 Å². The lowest BCUT2D eigenvalue weighted by Gasteiger charge is -2.06. The maximum absolute atomic E-state index is 11.1. The second-order valence-corrected chi connectivity index (χ2v) is 6.29. The van der Waals surface area contributed by atoms with Gasteiger partial charge in [-0.2, -0.15) is 4.98 Å². The molecule has 8 heteroatoms. The molecule has 0 fully saturated rings. The van der Waals surface area contributed by atoms with E-state index in [9.17, 15) is 8.42 Å². The molecular formula is C11H12ClN3O3S. The highest BCUT2D eigenvalue weighted by atomic mass is 35.5. The second-order valence-electron chi connectivity index (χ2n) is 4.08. The summed E-state index contributed by atoms with van der Waals surface area (Å²) in [6.07, 6.45) is 1.07. The van der Waals surface area contributed by atoms with Gasteiger partial charge in [0.1, 0.15) is 0 Å². The highest BCUT2D eigenvalue weighted by molar-refractivity contribution is 7.88. The summed E-state index contributed by atoms with van der Waals surface area (Å²) in [5.74, 6) is 0.587. The Morgan fingerprint density at radius 2 is 1.95 bits per heavy atom. The third-order valence-corrected chi connectivity index (χ3v) is 3.34. The van der Waals surface area contributed by atoms with Crippen LogP contribution in [0.1, 0.15) is 18.8 Å². The number of sulfonamides is 1. The summed E-state index contributed by atoms with van der Waals surface area (Å²) >= 11 is 5.78. The summed E-state index contributed by atoms with van der Waals surface area (Å²) in [7, 11) is -3.32. The molecule has 2 aromatic rings. The zero-order valence-corrected chi connectivity index (χ0v) is 11.9. The lowest BCUT2D eigenvalue weighted by atomic mass is 10.2. The average Bonchev–Trinajstić information content (AvgIpc) is 2.77. The molecule has 0 radical (unpaired) electrons. The predicted octanol–water partition coefficient (Wildman–Crippen LogP) is 2.00. The van der Waals surface area contributed by atoms with Crippen molar-refractivity contribution >= 4 is 21.6 Å². The molecule has 0 aliphatic rings. The molecule has 0 saturated carbocycles. The van der Waals surface area contributed by atoms with Crippen molar-refractivity contribution in [2.24, 2.45) is 0 Å². The van der Waals surface area contributed by atoms with Gasteiger partial charge in [0.15, 0.2) is 5.82 Å².